The summed E-state index contributed by atoms with van der Waals surface area (Å²) in [4.78, 5) is 0. The molecule has 0 aliphatic carbocycles. The molecule has 0 bridgehead atoms. The fourth-order valence-corrected chi connectivity index (χ4v) is 0. The van der Waals surface area contributed by atoms with Gasteiger partial charge < -0.3 is 0 Å². The fourth-order valence-electron chi connectivity index (χ4n) is 0. The Balaban J connectivity index is 0. The maximum atomic E-state index is 0. The molecule has 0 heterocycles. The summed E-state index contributed by atoms with van der Waals surface area (Å²) in [6, 6.07) is 0. The molecule has 5 heteroatoms. The van der Waals surface area contributed by atoms with Gasteiger partial charge in [-0.2, -0.15) is 0 Å². The zero-order chi connectivity index (χ0) is 0. The van der Waals surface area contributed by atoms with Crippen molar-refractivity contribution in [2.45, 2.75) is 0 Å². The van der Waals surface area contributed by atoms with Gasteiger partial charge >= 0.3 is 0 Å². The van der Waals surface area contributed by atoms with Crippen molar-refractivity contribution in [2.24, 2.45) is 0 Å². The topological polar surface area (TPSA) is 30.5 Å². The Hall–Kier alpha value is 1.45. The van der Waals surface area contributed by atoms with E-state index in [0.29, 0.717) is 0 Å². The van der Waals surface area contributed by atoms with Crippen LogP contribution in [0.25, 0.3) is 0 Å². The van der Waals surface area contributed by atoms with Crippen LogP contribution in [0.1, 0.15) is 0 Å². The maximum Gasteiger partial charge on any atom is 0 e. The number of rotatable bonds is 0. The number of hydrogen-bond donors (Lipinski definition) is 0. The van der Waals surface area contributed by atoms with Gasteiger partial charge in [-0.15, -0.1) is 37.2 Å². The smallest absolute Gasteiger partial charge is 0 e. The van der Waals surface area contributed by atoms with Crippen molar-refractivity contribution in [2.75, 3.05) is 0 Å². The molecule has 0 saturated heterocycles. The van der Waals surface area contributed by atoms with E-state index in [-0.39, 0.29) is 62.8 Å². The molecule has 0 aliphatic heterocycles. The van der Waals surface area contributed by atoms with Crippen LogP contribution in [0.5, 0.6) is 0 Å². The van der Waals surface area contributed by atoms with E-state index in [1.54, 1.807) is 0 Å². The number of halogens is 3. The zero-order valence-electron chi connectivity index (χ0n) is 2.01. The second-order valence-corrected chi connectivity index (χ2v) is 0. The van der Waals surface area contributed by atoms with E-state index in [9.17, 15) is 0 Å². The molecule has 0 aromatic rings. The van der Waals surface area contributed by atoms with E-state index in [4.69, 9.17) is 0 Å². The van der Waals surface area contributed by atoms with Crippen LogP contribution in [-0.2, 0) is 19.5 Å². The molecule has 0 aromatic heterocycles. The van der Waals surface area contributed by atoms with Crippen molar-refractivity contribution in [1.82, 2.24) is 6.15 Å². The molecule has 5 heavy (non-hydrogen) atoms. The molecule has 0 amide bonds. The normalized spacial score (nSPS) is 0. The molecule has 38 valence electrons. The Bertz CT molecular complexity index is 6.85. The van der Waals surface area contributed by atoms with E-state index in [1.807, 2.05) is 0 Å². The Morgan fingerprint density at radius 3 is 0.600 bits per heavy atom. The van der Waals surface area contributed by atoms with Gasteiger partial charge in [0.2, 0.25) is 0 Å². The van der Waals surface area contributed by atoms with Crippen molar-refractivity contribution < 1.29 is 19.5 Å². The molecule has 0 unspecified atom stereocenters. The molecule has 0 aromatic carbocycles. The molecule has 0 N–H and O–H groups in total. The van der Waals surface area contributed by atoms with Gasteiger partial charge in [-0.05, 0) is 0 Å². The molecule has 0 aliphatic rings. The summed E-state index contributed by atoms with van der Waals surface area (Å²) in [5.41, 5.74) is 0. The third kappa shape index (κ3) is 30.8. The van der Waals surface area contributed by atoms with Gasteiger partial charge in [0.15, 0.2) is 0 Å². The van der Waals surface area contributed by atoms with Gasteiger partial charge in [0.05, 0.1) is 0 Å². The minimum atomic E-state index is 0. The van der Waals surface area contributed by atoms with E-state index < -0.39 is 0 Å². The Morgan fingerprint density at radius 1 is 0.600 bits per heavy atom. The average Bonchev–Trinajstić information content (AvgIpc) is 0. The molecule has 0 rings (SSSR count). The minimum Gasteiger partial charge on any atom is -0.147 e. The van der Waals surface area contributed by atoms with Crippen LogP contribution in [0.2, 0.25) is 0 Å². The van der Waals surface area contributed by atoms with Crippen LogP contribution >= 0.6 is 37.2 Å². The van der Waals surface area contributed by atoms with Crippen molar-refractivity contribution in [1.29, 1.82) is 0 Å². The second kappa shape index (κ2) is 51.2. The predicted octanol–water partition coefficient (Wildman–Crippen LogP) is 0.782. The fraction of sp³-hybridized carbons (Fsp3) is 0. The van der Waals surface area contributed by atoms with Crippen molar-refractivity contribution in [3.63, 3.8) is 0 Å². The standard InChI is InChI=1S/3ClH.N.Rh/h3*1H;;. The Morgan fingerprint density at radius 2 is 0.600 bits per heavy atom. The summed E-state index contributed by atoms with van der Waals surface area (Å²) in [7, 11) is 0. The van der Waals surface area contributed by atoms with Crippen molar-refractivity contribution >= 4 is 37.2 Å². The zero-order valence-corrected chi connectivity index (χ0v) is 6.09. The van der Waals surface area contributed by atoms with E-state index in [0.717, 1.165) is 0 Å². The quantitative estimate of drug-likeness (QED) is 0.547. The second-order valence-electron chi connectivity index (χ2n) is 0. The van der Waals surface area contributed by atoms with Crippen LogP contribution in [-0.4, -0.2) is 0 Å². The molecular weight excluding hydrogens is 223 g/mol. The van der Waals surface area contributed by atoms with Gasteiger partial charge in [-0.3, -0.25) is 0 Å². The maximum absolute atomic E-state index is 0. The summed E-state index contributed by atoms with van der Waals surface area (Å²) in [5.74, 6) is 0. The summed E-state index contributed by atoms with van der Waals surface area (Å²) >= 11 is 0. The van der Waals surface area contributed by atoms with E-state index in [1.165, 1.54) is 0 Å². The first-order valence-corrected chi connectivity index (χ1v) is 0. The minimum absolute atomic E-state index is 0. The monoisotopic (exact) mass is 225 g/mol. The molecule has 0 atom stereocenters. The van der Waals surface area contributed by atoms with E-state index in [2.05, 4.69) is 0 Å². The van der Waals surface area contributed by atoms with Gasteiger partial charge in [-0.1, -0.05) is 0 Å². The largest absolute Gasteiger partial charge is 0.147 e. The molecule has 0 spiro atoms. The van der Waals surface area contributed by atoms with Crippen LogP contribution in [0, 0.1) is 0 Å². The third-order valence-corrected chi connectivity index (χ3v) is 0. The summed E-state index contributed by atoms with van der Waals surface area (Å²) < 4.78 is 0. The van der Waals surface area contributed by atoms with Crippen LogP contribution in [0.4, 0.5) is 0 Å². The van der Waals surface area contributed by atoms with Gasteiger partial charge in [0.25, 0.3) is 0 Å². The van der Waals surface area contributed by atoms with Crippen LogP contribution in [0.15, 0.2) is 0 Å². The molecule has 0 fully saturated rings. The van der Waals surface area contributed by atoms with Crippen LogP contribution in [0.3, 0.4) is 0 Å². The molecule has 1 nitrogen and oxygen atoms in total. The van der Waals surface area contributed by atoms with E-state index >= 15 is 0 Å². The Kier molecular flexibility index (Phi) is 930. The summed E-state index contributed by atoms with van der Waals surface area (Å²) in [5, 5.41) is 0. The van der Waals surface area contributed by atoms with Crippen molar-refractivity contribution in [3.05, 3.63) is 0 Å². The summed E-state index contributed by atoms with van der Waals surface area (Å²) in [6.07, 6.45) is 0. The van der Waals surface area contributed by atoms with Gasteiger partial charge in [0.1, 0.15) is 0 Å². The summed E-state index contributed by atoms with van der Waals surface area (Å²) in [6.45, 7) is 0. The average molecular weight is 226 g/mol. The van der Waals surface area contributed by atoms with Gasteiger partial charge in [0, 0.05) is 25.6 Å². The molecule has 4 radical (unpaired) electrons. The SMILES string of the molecule is Cl.Cl.Cl.[N].[Rh]. The molecule has 0 saturated carbocycles. The third-order valence-electron chi connectivity index (χ3n) is 0. The Labute approximate surface area is 62.8 Å². The molecular formula is H3Cl3NRh. The van der Waals surface area contributed by atoms with Crippen LogP contribution < -0.4 is 6.15 Å². The predicted molar refractivity (Wildman–Crippen MR) is 23.9 cm³/mol. The van der Waals surface area contributed by atoms with Crippen molar-refractivity contribution in [3.8, 4) is 0 Å². The first-order valence-electron chi connectivity index (χ1n) is 0. The number of hydrogen-bond acceptors (Lipinski definition) is 0. The first-order chi connectivity index (χ1) is 0. The number of nitrogens with zero attached hydrogens (tertiary/aromatic N) is 1. The van der Waals surface area contributed by atoms with Gasteiger partial charge in [-0.25, -0.2) is 0 Å². The first kappa shape index (κ1) is 90.9.